The van der Waals surface area contributed by atoms with E-state index in [2.05, 4.69) is 38.8 Å². The molecule has 1 atom stereocenters. The van der Waals surface area contributed by atoms with E-state index in [0.29, 0.717) is 18.2 Å². The van der Waals surface area contributed by atoms with E-state index >= 15 is 0 Å². The largest absolute Gasteiger partial charge is 0.306 e. The first-order valence-corrected chi connectivity index (χ1v) is 11.1. The Bertz CT molecular complexity index is 1210. The first-order chi connectivity index (χ1) is 14.7. The van der Waals surface area contributed by atoms with Crippen molar-refractivity contribution in [1.29, 1.82) is 0 Å². The maximum Gasteiger partial charge on any atom is 0.191 e. The summed E-state index contributed by atoms with van der Waals surface area (Å²) in [4.78, 5) is 17.2. The van der Waals surface area contributed by atoms with Crippen molar-refractivity contribution in [1.82, 2.24) is 19.7 Å². The number of carbonyl (C=O) groups excluding carboxylic acids is 1. The molecule has 5 rings (SSSR count). The minimum atomic E-state index is 0.0340. The molecular weight excluding hydrogens is 392 g/mol. The van der Waals surface area contributed by atoms with Gasteiger partial charge in [-0.3, -0.25) is 9.78 Å². The Balaban J connectivity index is 1.31. The summed E-state index contributed by atoms with van der Waals surface area (Å²) >= 11 is 1.72. The number of nitrogens with zero attached hydrogens (tertiary/aromatic N) is 4. The normalized spacial score (nSPS) is 14.7. The lowest BCUT2D eigenvalue weighted by Gasteiger charge is -2.13. The van der Waals surface area contributed by atoms with Crippen LogP contribution in [0.4, 0.5) is 0 Å². The number of benzene rings is 2. The van der Waals surface area contributed by atoms with Crippen molar-refractivity contribution in [3.63, 3.8) is 0 Å². The molecule has 0 bridgehead atoms. The van der Waals surface area contributed by atoms with Gasteiger partial charge in [0.25, 0.3) is 0 Å². The molecule has 0 unspecified atom stereocenters. The fourth-order valence-corrected chi connectivity index (χ4v) is 4.62. The van der Waals surface area contributed by atoms with Crippen LogP contribution in [-0.4, -0.2) is 25.5 Å². The second-order valence-corrected chi connectivity index (χ2v) is 9.08. The highest BCUT2D eigenvalue weighted by molar-refractivity contribution is 7.99. The SMILES string of the molecule is C[C@H](Sc1nncn1C1CC1)c1cccc(CC(=O)c2cc3ccccc3cn2)c1. The van der Waals surface area contributed by atoms with Gasteiger partial charge in [0.05, 0.1) is 0 Å². The van der Waals surface area contributed by atoms with Crippen molar-refractivity contribution in [3.8, 4) is 0 Å². The molecule has 0 N–H and O–H groups in total. The molecule has 2 heterocycles. The molecule has 4 aromatic rings. The van der Waals surface area contributed by atoms with Crippen LogP contribution in [0.3, 0.4) is 0 Å². The molecule has 5 nitrogen and oxygen atoms in total. The first kappa shape index (κ1) is 19.0. The molecule has 1 aliphatic carbocycles. The fourth-order valence-electron chi connectivity index (χ4n) is 3.61. The number of ketones is 1. The highest BCUT2D eigenvalue weighted by Crippen LogP contribution is 2.40. The van der Waals surface area contributed by atoms with E-state index in [4.69, 9.17) is 0 Å². The summed E-state index contributed by atoms with van der Waals surface area (Å²) in [6.45, 7) is 2.17. The van der Waals surface area contributed by atoms with Crippen molar-refractivity contribution in [2.24, 2.45) is 0 Å². The summed E-state index contributed by atoms with van der Waals surface area (Å²) in [5, 5.41) is 11.6. The van der Waals surface area contributed by atoms with E-state index in [9.17, 15) is 4.79 Å². The Kier molecular flexibility index (Phi) is 5.09. The number of hydrogen-bond donors (Lipinski definition) is 0. The zero-order valence-corrected chi connectivity index (χ0v) is 17.5. The predicted molar refractivity (Wildman–Crippen MR) is 119 cm³/mol. The number of aromatic nitrogens is 4. The van der Waals surface area contributed by atoms with E-state index < -0.39 is 0 Å². The van der Waals surface area contributed by atoms with Crippen molar-refractivity contribution in [2.45, 2.75) is 42.6 Å². The average molecular weight is 415 g/mol. The van der Waals surface area contributed by atoms with Crippen LogP contribution in [0.25, 0.3) is 10.8 Å². The molecule has 1 aliphatic rings. The maximum atomic E-state index is 12.8. The van der Waals surface area contributed by atoms with Gasteiger partial charge in [0.2, 0.25) is 0 Å². The summed E-state index contributed by atoms with van der Waals surface area (Å²) in [6.07, 6.45) is 6.36. The molecule has 6 heteroatoms. The van der Waals surface area contributed by atoms with Gasteiger partial charge in [-0.25, -0.2) is 0 Å². The number of hydrogen-bond acceptors (Lipinski definition) is 5. The molecule has 0 radical (unpaired) electrons. The summed E-state index contributed by atoms with van der Waals surface area (Å²) in [7, 11) is 0. The third-order valence-electron chi connectivity index (χ3n) is 5.46. The number of rotatable bonds is 7. The van der Waals surface area contributed by atoms with E-state index in [1.54, 1.807) is 18.0 Å². The van der Waals surface area contributed by atoms with Crippen LogP contribution in [0, 0.1) is 0 Å². The predicted octanol–water partition coefficient (Wildman–Crippen LogP) is 5.44. The van der Waals surface area contributed by atoms with Crippen LogP contribution < -0.4 is 0 Å². The number of Topliss-reactive ketones (excluding diaryl/α,β-unsaturated/α-hetero) is 1. The Hall–Kier alpha value is -2.99. The van der Waals surface area contributed by atoms with Crippen LogP contribution in [0.2, 0.25) is 0 Å². The molecular formula is C24H22N4OS. The number of thioether (sulfide) groups is 1. The molecule has 0 saturated heterocycles. The van der Waals surface area contributed by atoms with Crippen LogP contribution >= 0.6 is 11.8 Å². The summed E-state index contributed by atoms with van der Waals surface area (Å²) in [5.41, 5.74) is 2.70. The van der Waals surface area contributed by atoms with Gasteiger partial charge in [-0.05, 0) is 42.3 Å². The highest BCUT2D eigenvalue weighted by atomic mass is 32.2. The molecule has 2 aromatic heterocycles. The van der Waals surface area contributed by atoms with Gasteiger partial charge in [-0.2, -0.15) is 0 Å². The smallest absolute Gasteiger partial charge is 0.191 e. The third-order valence-corrected chi connectivity index (χ3v) is 6.59. The van der Waals surface area contributed by atoms with E-state index in [1.807, 2.05) is 48.8 Å². The molecule has 30 heavy (non-hydrogen) atoms. The van der Waals surface area contributed by atoms with Crippen molar-refractivity contribution in [2.75, 3.05) is 0 Å². The topological polar surface area (TPSA) is 60.7 Å². The zero-order valence-electron chi connectivity index (χ0n) is 16.7. The van der Waals surface area contributed by atoms with Gasteiger partial charge in [-0.1, -0.05) is 60.3 Å². The lowest BCUT2D eigenvalue weighted by atomic mass is 10.0. The molecule has 0 aliphatic heterocycles. The lowest BCUT2D eigenvalue weighted by Crippen LogP contribution is -2.06. The van der Waals surface area contributed by atoms with Crippen LogP contribution in [0.15, 0.2) is 72.3 Å². The van der Waals surface area contributed by atoms with Crippen LogP contribution in [-0.2, 0) is 6.42 Å². The zero-order chi connectivity index (χ0) is 20.5. The summed E-state index contributed by atoms with van der Waals surface area (Å²) in [5.74, 6) is 0.0340. The highest BCUT2D eigenvalue weighted by Gasteiger charge is 2.27. The summed E-state index contributed by atoms with van der Waals surface area (Å²) < 4.78 is 2.18. The van der Waals surface area contributed by atoms with Crippen LogP contribution in [0.1, 0.15) is 52.7 Å². The Morgan fingerprint density at radius 2 is 1.97 bits per heavy atom. The van der Waals surface area contributed by atoms with Crippen molar-refractivity contribution >= 4 is 28.3 Å². The number of pyridine rings is 1. The Labute approximate surface area is 179 Å². The maximum absolute atomic E-state index is 12.8. The molecule has 150 valence electrons. The van der Waals surface area contributed by atoms with Gasteiger partial charge in [0.1, 0.15) is 12.0 Å². The molecule has 0 spiro atoms. The standard InChI is InChI=1S/C24H22N4OS/c1-16(30-24-27-26-15-28(24)21-9-10-21)18-8-4-5-17(11-18)12-23(29)22-13-19-6-2-3-7-20(19)14-25-22/h2-8,11,13-16,21H,9-10,12H2,1H3/t16-/m0/s1. The monoisotopic (exact) mass is 414 g/mol. The van der Waals surface area contributed by atoms with E-state index in [0.717, 1.165) is 21.5 Å². The summed E-state index contributed by atoms with van der Waals surface area (Å²) in [6, 6.07) is 18.7. The van der Waals surface area contributed by atoms with Gasteiger partial charge >= 0.3 is 0 Å². The fraction of sp³-hybridized carbons (Fsp3) is 0.250. The number of fused-ring (bicyclic) bond motifs is 1. The van der Waals surface area contributed by atoms with E-state index in [-0.39, 0.29) is 11.0 Å². The van der Waals surface area contributed by atoms with Crippen molar-refractivity contribution in [3.05, 3.63) is 83.9 Å². The minimum Gasteiger partial charge on any atom is -0.306 e. The Morgan fingerprint density at radius 3 is 2.80 bits per heavy atom. The van der Waals surface area contributed by atoms with Gasteiger partial charge < -0.3 is 4.57 Å². The molecule has 1 fully saturated rings. The Morgan fingerprint density at radius 1 is 1.13 bits per heavy atom. The lowest BCUT2D eigenvalue weighted by molar-refractivity contribution is 0.0988. The van der Waals surface area contributed by atoms with Gasteiger partial charge in [0.15, 0.2) is 10.9 Å². The van der Waals surface area contributed by atoms with Gasteiger partial charge in [-0.15, -0.1) is 10.2 Å². The molecule has 1 saturated carbocycles. The van der Waals surface area contributed by atoms with Crippen molar-refractivity contribution < 1.29 is 4.79 Å². The quantitative estimate of drug-likeness (QED) is 0.298. The second kappa shape index (κ2) is 8.03. The third kappa shape index (κ3) is 4.00. The molecule has 2 aromatic carbocycles. The first-order valence-electron chi connectivity index (χ1n) is 10.2. The van der Waals surface area contributed by atoms with Gasteiger partial charge in [0, 0.05) is 29.3 Å². The molecule has 0 amide bonds. The van der Waals surface area contributed by atoms with E-state index in [1.165, 1.54) is 18.4 Å². The van der Waals surface area contributed by atoms with Crippen LogP contribution in [0.5, 0.6) is 0 Å². The average Bonchev–Trinajstić information content (AvgIpc) is 3.52. The minimum absolute atomic E-state index is 0.0340. The second-order valence-electron chi connectivity index (χ2n) is 7.77. The number of carbonyl (C=O) groups is 1.